The molecule has 4 rings (SSSR count). The molecule has 0 N–H and O–H groups in total. The molecule has 50 heavy (non-hydrogen) atoms. The number of aliphatic carboxylic acids is 1. The molecule has 0 saturated heterocycles. The summed E-state index contributed by atoms with van der Waals surface area (Å²) < 4.78 is 11.7. The number of hydrogen-bond acceptors (Lipinski definition) is 7. The Bertz CT molecular complexity index is 1190. The minimum atomic E-state index is -1.30. The largest absolute Gasteiger partial charge is 0.550 e. The van der Waals surface area contributed by atoms with Gasteiger partial charge in [0.2, 0.25) is 0 Å². The van der Waals surface area contributed by atoms with Crippen LogP contribution in [0.3, 0.4) is 0 Å². The fourth-order valence-corrected chi connectivity index (χ4v) is 10.4. The van der Waals surface area contributed by atoms with Crippen LogP contribution in [0, 0.1) is 28.6 Å². The number of carbonyl (C=O) groups excluding carboxylic acids is 4. The second kappa shape index (κ2) is 18.5. The fraction of sp³-hybridized carbons (Fsp3) is 0.857. The number of esters is 1. The van der Waals surface area contributed by atoms with Gasteiger partial charge in [-0.1, -0.05) is 103 Å². The van der Waals surface area contributed by atoms with Gasteiger partial charge in [-0.15, -0.1) is 0 Å². The zero-order valence-corrected chi connectivity index (χ0v) is 32.2. The van der Waals surface area contributed by atoms with Crippen LogP contribution in [0.2, 0.25) is 0 Å². The zero-order chi connectivity index (χ0) is 36.4. The van der Waals surface area contributed by atoms with Crippen LogP contribution < -0.4 is 5.11 Å². The maximum absolute atomic E-state index is 13.7. The maximum atomic E-state index is 13.7. The average molecular weight is 700 g/mol. The second-order valence-electron chi connectivity index (χ2n) is 17.5. The summed E-state index contributed by atoms with van der Waals surface area (Å²) in [7, 11) is 3.41. The van der Waals surface area contributed by atoms with E-state index in [9.17, 15) is 24.3 Å². The number of fused-ring (bicyclic) bond motifs is 5. The minimum Gasteiger partial charge on any atom is -0.550 e. The lowest BCUT2D eigenvalue weighted by molar-refractivity contribution is -0.821. The molecule has 8 heteroatoms. The van der Waals surface area contributed by atoms with E-state index in [1.54, 1.807) is 14.1 Å². The van der Waals surface area contributed by atoms with Gasteiger partial charge in [-0.05, 0) is 80.6 Å². The third-order valence-corrected chi connectivity index (χ3v) is 13.4. The van der Waals surface area contributed by atoms with Crippen LogP contribution in [0.15, 0.2) is 11.6 Å². The average Bonchev–Trinajstić information content (AvgIpc) is 3.38. The van der Waals surface area contributed by atoms with Crippen molar-refractivity contribution in [2.75, 3.05) is 20.6 Å². The van der Waals surface area contributed by atoms with Crippen molar-refractivity contribution in [3.63, 3.8) is 0 Å². The van der Waals surface area contributed by atoms with Crippen LogP contribution in [0.1, 0.15) is 168 Å². The van der Waals surface area contributed by atoms with E-state index >= 15 is 0 Å². The molecule has 3 fully saturated rings. The molecule has 8 nitrogen and oxygen atoms in total. The van der Waals surface area contributed by atoms with Gasteiger partial charge in [0.25, 0.3) is 0 Å². The van der Waals surface area contributed by atoms with Crippen molar-refractivity contribution in [3.05, 3.63) is 11.6 Å². The van der Waals surface area contributed by atoms with Crippen molar-refractivity contribution in [2.45, 2.75) is 181 Å². The molecule has 4 aliphatic rings. The number of carboxylic acids is 1. The van der Waals surface area contributed by atoms with Crippen LogP contribution in [-0.2, 0) is 23.9 Å². The molecule has 3 saturated carbocycles. The third kappa shape index (κ3) is 10.4. The molecule has 0 spiro atoms. The van der Waals surface area contributed by atoms with Gasteiger partial charge in [-0.2, -0.15) is 4.79 Å². The molecule has 0 aliphatic heterocycles. The molecule has 284 valence electrons. The Labute approximate surface area is 303 Å². The third-order valence-electron chi connectivity index (χ3n) is 13.4. The van der Waals surface area contributed by atoms with Gasteiger partial charge in [0, 0.05) is 30.6 Å². The Hall–Kier alpha value is -2.22. The fourth-order valence-electron chi connectivity index (χ4n) is 10.4. The lowest BCUT2D eigenvalue weighted by Gasteiger charge is -2.57. The summed E-state index contributed by atoms with van der Waals surface area (Å²) in [5, 5.41) is 11.6. The molecule has 7 atom stereocenters. The highest BCUT2D eigenvalue weighted by Gasteiger charge is 2.60. The first-order chi connectivity index (χ1) is 23.8. The summed E-state index contributed by atoms with van der Waals surface area (Å²) in [5.74, 6) is 0.157. The van der Waals surface area contributed by atoms with Gasteiger partial charge in [0.1, 0.15) is 12.6 Å². The number of amides is 1. The smallest absolute Gasteiger partial charge is 0.515 e. The maximum Gasteiger partial charge on any atom is 0.515 e. The lowest BCUT2D eigenvalue weighted by atomic mass is 9.47. The normalized spacial score (nSPS) is 29.7. The highest BCUT2D eigenvalue weighted by atomic mass is 16.6. The van der Waals surface area contributed by atoms with Crippen LogP contribution in [0.5, 0.6) is 0 Å². The van der Waals surface area contributed by atoms with Crippen molar-refractivity contribution in [2.24, 2.45) is 28.6 Å². The number of unbranched alkanes of at least 4 members (excludes halogenated alkanes) is 12. The predicted molar refractivity (Wildman–Crippen MR) is 194 cm³/mol. The first-order valence-corrected chi connectivity index (χ1v) is 20.5. The van der Waals surface area contributed by atoms with E-state index in [2.05, 4.69) is 20.8 Å². The van der Waals surface area contributed by atoms with E-state index in [-0.39, 0.29) is 40.2 Å². The molecule has 0 radical (unpaired) electrons. The Morgan fingerprint density at radius 3 is 2.08 bits per heavy atom. The highest BCUT2D eigenvalue weighted by molar-refractivity contribution is 5.91. The SMILES string of the molecule is CCCCCCCCCCCCCCCC(=O)OC(CC(=O)[O-])C[N+](C)(C)C(=O)O[C@H]1CC[C@H]2[C@@H]3CCC4=CC(=O)CC[C@]4(C)[C@H]3CC[C@]12C. The molecule has 0 aromatic heterocycles. The Kier molecular flexibility index (Phi) is 15.0. The summed E-state index contributed by atoms with van der Waals surface area (Å²) in [6.45, 7) is 6.94. The van der Waals surface area contributed by atoms with Gasteiger partial charge in [-0.3, -0.25) is 9.59 Å². The molecule has 1 amide bonds. The molecule has 4 aliphatic carbocycles. The number of nitrogens with zero attached hydrogens (tertiary/aromatic N) is 1. The number of hydrogen-bond donors (Lipinski definition) is 0. The summed E-state index contributed by atoms with van der Waals surface area (Å²) in [6.07, 6.45) is 23.6. The number of ketones is 1. The molecule has 0 bridgehead atoms. The van der Waals surface area contributed by atoms with E-state index < -0.39 is 30.6 Å². The van der Waals surface area contributed by atoms with Gasteiger partial charge in [-0.25, -0.2) is 4.48 Å². The minimum absolute atomic E-state index is 0.0148. The van der Waals surface area contributed by atoms with Crippen LogP contribution in [0.4, 0.5) is 4.79 Å². The predicted octanol–water partition coefficient (Wildman–Crippen LogP) is 8.63. The highest BCUT2D eigenvalue weighted by Crippen LogP contribution is 2.65. The van der Waals surface area contributed by atoms with Crippen molar-refractivity contribution in [1.82, 2.24) is 0 Å². The summed E-state index contributed by atoms with van der Waals surface area (Å²) in [5.41, 5.74) is 1.35. The van der Waals surface area contributed by atoms with Crippen LogP contribution >= 0.6 is 0 Å². The molecule has 1 unspecified atom stereocenters. The number of quaternary nitrogens is 1. The quantitative estimate of drug-likeness (QED) is 0.0711. The van der Waals surface area contributed by atoms with Crippen molar-refractivity contribution in [3.8, 4) is 0 Å². The molecular weight excluding hydrogens is 630 g/mol. The Morgan fingerprint density at radius 1 is 0.840 bits per heavy atom. The number of rotatable bonds is 20. The number of likely N-dealkylation sites (N-methyl/N-ethyl adjacent to an activating group) is 1. The van der Waals surface area contributed by atoms with Gasteiger partial charge >= 0.3 is 12.1 Å². The number of carbonyl (C=O) groups is 4. The number of allylic oxidation sites excluding steroid dienone is 1. The summed E-state index contributed by atoms with van der Waals surface area (Å²) in [6, 6.07) is 0. The number of carboxylic acid groups (broad SMARTS) is 1. The van der Waals surface area contributed by atoms with E-state index in [1.165, 1.54) is 69.8 Å². The first-order valence-electron chi connectivity index (χ1n) is 20.5. The standard InChI is InChI=1S/C42H69NO7/c1-6-7-8-9-10-11-12-13-14-15-16-17-18-19-39(47)49-33(29-38(45)46)30-43(4,5)40(48)50-37-23-22-35-34-21-20-31-28-32(44)24-26-41(31,2)36(34)25-27-42(35,37)3/h28,33-37H,6-27,29-30H2,1-5H3/t33?,34-,35-,36-,37-,41-,42-/m0/s1. The van der Waals surface area contributed by atoms with Crippen LogP contribution in [-0.4, -0.2) is 61.1 Å². The molecule has 0 aromatic carbocycles. The van der Waals surface area contributed by atoms with Crippen LogP contribution in [0.25, 0.3) is 0 Å². The summed E-state index contributed by atoms with van der Waals surface area (Å²) >= 11 is 0. The Balaban J connectivity index is 1.20. The van der Waals surface area contributed by atoms with E-state index in [0.29, 0.717) is 30.6 Å². The molecule has 0 aromatic rings. The topological polar surface area (TPSA) is 110 Å². The lowest BCUT2D eigenvalue weighted by Crippen LogP contribution is -2.55. The Morgan fingerprint density at radius 2 is 1.46 bits per heavy atom. The molecular formula is C42H69NO7. The van der Waals surface area contributed by atoms with Crippen molar-refractivity contribution >= 4 is 23.8 Å². The van der Waals surface area contributed by atoms with E-state index in [4.69, 9.17) is 9.47 Å². The molecule has 0 heterocycles. The van der Waals surface area contributed by atoms with Gasteiger partial charge in [0.05, 0.1) is 14.1 Å². The second-order valence-corrected chi connectivity index (χ2v) is 17.5. The number of ether oxygens (including phenoxy) is 2. The van der Waals surface area contributed by atoms with E-state index in [1.807, 2.05) is 6.08 Å². The zero-order valence-electron chi connectivity index (χ0n) is 32.2. The van der Waals surface area contributed by atoms with E-state index in [0.717, 1.165) is 57.8 Å². The van der Waals surface area contributed by atoms with Crippen molar-refractivity contribution < 1.29 is 38.2 Å². The first kappa shape index (κ1) is 40.5. The monoisotopic (exact) mass is 700 g/mol. The van der Waals surface area contributed by atoms with Gasteiger partial charge in [0.15, 0.2) is 11.9 Å². The van der Waals surface area contributed by atoms with Gasteiger partial charge < -0.3 is 19.4 Å². The van der Waals surface area contributed by atoms with Crippen molar-refractivity contribution in [1.29, 1.82) is 0 Å². The summed E-state index contributed by atoms with van der Waals surface area (Å²) in [4.78, 5) is 50.3.